The van der Waals surface area contributed by atoms with Crippen LogP contribution in [0.3, 0.4) is 0 Å². The molecule has 1 aliphatic rings. The van der Waals surface area contributed by atoms with Crippen molar-refractivity contribution in [3.8, 4) is 0 Å². The van der Waals surface area contributed by atoms with Gasteiger partial charge in [0.25, 0.3) is 0 Å². The Balaban J connectivity index is 2.21. The molecule has 1 atom stereocenters. The fraction of sp³-hybridized carbons (Fsp3) is 0.700. The minimum atomic E-state index is -0.757. The van der Waals surface area contributed by atoms with E-state index in [9.17, 15) is 9.90 Å². The van der Waals surface area contributed by atoms with Gasteiger partial charge in [-0.3, -0.25) is 4.79 Å². The van der Waals surface area contributed by atoms with Crippen LogP contribution in [0.4, 0.5) is 0 Å². The van der Waals surface area contributed by atoms with Gasteiger partial charge in [0.1, 0.15) is 11.4 Å². The maximum absolute atomic E-state index is 11.3. The summed E-state index contributed by atoms with van der Waals surface area (Å²) >= 11 is 0. The van der Waals surface area contributed by atoms with Gasteiger partial charge < -0.3 is 5.11 Å². The molecule has 15 heavy (non-hydrogen) atoms. The van der Waals surface area contributed by atoms with Crippen LogP contribution >= 0.6 is 0 Å². The molecule has 0 saturated heterocycles. The van der Waals surface area contributed by atoms with Crippen LogP contribution in [0.2, 0.25) is 0 Å². The molecule has 5 nitrogen and oxygen atoms in total. The SMILES string of the molecule is Cc1nonc1CC(C)(C(=O)O)C1CC1. The number of carboxylic acid groups (broad SMARTS) is 1. The molecule has 0 aromatic carbocycles. The first-order valence-corrected chi connectivity index (χ1v) is 5.05. The second kappa shape index (κ2) is 3.32. The van der Waals surface area contributed by atoms with Crippen LogP contribution in [-0.2, 0) is 11.2 Å². The van der Waals surface area contributed by atoms with Crippen LogP contribution in [0.15, 0.2) is 4.63 Å². The Hall–Kier alpha value is -1.39. The molecule has 1 fully saturated rings. The van der Waals surface area contributed by atoms with E-state index in [4.69, 9.17) is 0 Å². The number of aliphatic carboxylic acids is 1. The highest BCUT2D eigenvalue weighted by Gasteiger charge is 2.48. The van der Waals surface area contributed by atoms with Crippen LogP contribution in [0.25, 0.3) is 0 Å². The minimum Gasteiger partial charge on any atom is -0.481 e. The van der Waals surface area contributed by atoms with Gasteiger partial charge in [-0.25, -0.2) is 4.63 Å². The van der Waals surface area contributed by atoms with Crippen LogP contribution < -0.4 is 0 Å². The normalized spacial score (nSPS) is 19.9. The Labute approximate surface area is 87.4 Å². The maximum atomic E-state index is 11.3. The topological polar surface area (TPSA) is 76.2 Å². The number of carbonyl (C=O) groups is 1. The summed E-state index contributed by atoms with van der Waals surface area (Å²) in [5.74, 6) is -0.488. The Morgan fingerprint density at radius 3 is 2.67 bits per heavy atom. The Kier molecular flexibility index (Phi) is 2.25. The molecule has 0 radical (unpaired) electrons. The Bertz CT molecular complexity index is 384. The van der Waals surface area contributed by atoms with Gasteiger partial charge in [-0.15, -0.1) is 0 Å². The molecule has 5 heteroatoms. The summed E-state index contributed by atoms with van der Waals surface area (Å²) in [6.45, 7) is 3.56. The molecular formula is C10H14N2O3. The van der Waals surface area contributed by atoms with Crippen LogP contribution in [-0.4, -0.2) is 21.4 Å². The predicted octanol–water partition coefficient (Wildman–Crippen LogP) is 1.42. The van der Waals surface area contributed by atoms with Gasteiger partial charge >= 0.3 is 5.97 Å². The number of hydrogen-bond donors (Lipinski definition) is 1. The van der Waals surface area contributed by atoms with Gasteiger partial charge in [0.05, 0.1) is 5.41 Å². The number of nitrogens with zero attached hydrogens (tertiary/aromatic N) is 2. The van der Waals surface area contributed by atoms with Crippen molar-refractivity contribution < 1.29 is 14.5 Å². The van der Waals surface area contributed by atoms with Crippen molar-refractivity contribution in [2.24, 2.45) is 11.3 Å². The average molecular weight is 210 g/mol. The monoisotopic (exact) mass is 210 g/mol. The van der Waals surface area contributed by atoms with E-state index in [-0.39, 0.29) is 5.92 Å². The summed E-state index contributed by atoms with van der Waals surface area (Å²) < 4.78 is 4.58. The summed E-state index contributed by atoms with van der Waals surface area (Å²) in [5, 5.41) is 16.7. The van der Waals surface area contributed by atoms with E-state index in [0.29, 0.717) is 17.8 Å². The molecule has 1 aromatic heterocycles. The third-order valence-electron chi connectivity index (χ3n) is 3.25. The van der Waals surface area contributed by atoms with Crippen LogP contribution in [0, 0.1) is 18.3 Å². The van der Waals surface area contributed by atoms with Gasteiger partial charge in [-0.2, -0.15) is 0 Å². The van der Waals surface area contributed by atoms with Crippen molar-refractivity contribution in [1.29, 1.82) is 0 Å². The van der Waals surface area contributed by atoms with E-state index in [1.807, 2.05) is 0 Å². The third-order valence-corrected chi connectivity index (χ3v) is 3.25. The number of hydrogen-bond acceptors (Lipinski definition) is 4. The second-order valence-electron chi connectivity index (χ2n) is 4.47. The summed E-state index contributed by atoms with van der Waals surface area (Å²) in [7, 11) is 0. The lowest BCUT2D eigenvalue weighted by molar-refractivity contribution is -0.149. The summed E-state index contributed by atoms with van der Waals surface area (Å²) in [5.41, 5.74) is 0.624. The van der Waals surface area contributed by atoms with Crippen molar-refractivity contribution >= 4 is 5.97 Å². The van der Waals surface area contributed by atoms with Crippen molar-refractivity contribution in [2.75, 3.05) is 0 Å². The fourth-order valence-corrected chi connectivity index (χ4v) is 1.87. The molecule has 0 bridgehead atoms. The van der Waals surface area contributed by atoms with Crippen molar-refractivity contribution in [1.82, 2.24) is 10.3 Å². The molecule has 1 aliphatic carbocycles. The molecule has 82 valence electrons. The van der Waals surface area contributed by atoms with Gasteiger partial charge in [0.2, 0.25) is 0 Å². The highest BCUT2D eigenvalue weighted by atomic mass is 16.6. The van der Waals surface area contributed by atoms with Crippen LogP contribution in [0.5, 0.6) is 0 Å². The molecule has 1 unspecified atom stereocenters. The van der Waals surface area contributed by atoms with E-state index in [0.717, 1.165) is 12.8 Å². The minimum absolute atomic E-state index is 0.270. The summed E-state index contributed by atoms with van der Waals surface area (Å²) in [6, 6.07) is 0. The van der Waals surface area contributed by atoms with Crippen molar-refractivity contribution in [3.05, 3.63) is 11.4 Å². The lowest BCUT2D eigenvalue weighted by Crippen LogP contribution is -2.32. The third kappa shape index (κ3) is 1.73. The molecule has 2 rings (SSSR count). The Morgan fingerprint density at radius 1 is 1.60 bits per heavy atom. The molecule has 1 heterocycles. The quantitative estimate of drug-likeness (QED) is 0.813. The molecule has 0 aliphatic heterocycles. The highest BCUT2D eigenvalue weighted by Crippen LogP contribution is 2.47. The van der Waals surface area contributed by atoms with Crippen LogP contribution in [0.1, 0.15) is 31.2 Å². The lowest BCUT2D eigenvalue weighted by atomic mass is 9.80. The number of carboxylic acids is 1. The molecule has 1 N–H and O–H groups in total. The Morgan fingerprint density at radius 2 is 2.27 bits per heavy atom. The van der Waals surface area contributed by atoms with Gasteiger partial charge in [0.15, 0.2) is 0 Å². The number of aromatic nitrogens is 2. The zero-order valence-electron chi connectivity index (χ0n) is 8.86. The van der Waals surface area contributed by atoms with Gasteiger partial charge in [-0.05, 0) is 32.6 Å². The van der Waals surface area contributed by atoms with Gasteiger partial charge in [0, 0.05) is 6.42 Å². The molecule has 0 spiro atoms. The van der Waals surface area contributed by atoms with E-state index in [2.05, 4.69) is 14.9 Å². The number of aryl methyl sites for hydroxylation is 1. The van der Waals surface area contributed by atoms with Crippen molar-refractivity contribution in [3.63, 3.8) is 0 Å². The van der Waals surface area contributed by atoms with E-state index in [1.54, 1.807) is 13.8 Å². The van der Waals surface area contributed by atoms with E-state index >= 15 is 0 Å². The zero-order valence-corrected chi connectivity index (χ0v) is 8.86. The van der Waals surface area contributed by atoms with E-state index in [1.165, 1.54) is 0 Å². The lowest BCUT2D eigenvalue weighted by Gasteiger charge is -2.23. The second-order valence-corrected chi connectivity index (χ2v) is 4.47. The first-order chi connectivity index (χ1) is 7.04. The number of rotatable bonds is 4. The summed E-state index contributed by atoms with van der Waals surface area (Å²) in [6.07, 6.45) is 2.39. The standard InChI is InChI=1S/C10H14N2O3/c1-6-8(12-15-11-6)5-10(2,9(13)14)7-3-4-7/h7H,3-5H2,1-2H3,(H,13,14). The molecular weight excluding hydrogens is 196 g/mol. The molecule has 1 saturated carbocycles. The van der Waals surface area contributed by atoms with Gasteiger partial charge in [-0.1, -0.05) is 10.3 Å². The molecule has 1 aromatic rings. The summed E-state index contributed by atoms with van der Waals surface area (Å²) in [4.78, 5) is 11.3. The van der Waals surface area contributed by atoms with E-state index < -0.39 is 11.4 Å². The predicted molar refractivity (Wildman–Crippen MR) is 51.2 cm³/mol. The molecule has 0 amide bonds. The van der Waals surface area contributed by atoms with Crippen molar-refractivity contribution in [2.45, 2.75) is 33.1 Å². The average Bonchev–Trinajstić information content (AvgIpc) is 2.94. The smallest absolute Gasteiger partial charge is 0.310 e. The first-order valence-electron chi connectivity index (χ1n) is 5.05. The largest absolute Gasteiger partial charge is 0.481 e. The first kappa shape index (κ1) is 10.1. The highest BCUT2D eigenvalue weighted by molar-refractivity contribution is 5.75. The fourth-order valence-electron chi connectivity index (χ4n) is 1.87. The maximum Gasteiger partial charge on any atom is 0.310 e. The zero-order chi connectivity index (χ0) is 11.1.